The molecule has 0 saturated carbocycles. The van der Waals surface area contributed by atoms with E-state index in [2.05, 4.69) is 5.32 Å². The molecule has 0 aliphatic rings. The Morgan fingerprint density at radius 3 is 2.41 bits per heavy atom. The van der Waals surface area contributed by atoms with Crippen LogP contribution in [0.15, 0.2) is 48.5 Å². The van der Waals surface area contributed by atoms with Crippen LogP contribution < -0.4 is 14.5 Å². The summed E-state index contributed by atoms with van der Waals surface area (Å²) < 4.78 is 25.4. The van der Waals surface area contributed by atoms with Crippen LogP contribution in [-0.4, -0.2) is 47.3 Å². The maximum Gasteiger partial charge on any atom is 0.240 e. The van der Waals surface area contributed by atoms with Crippen LogP contribution in [0.25, 0.3) is 0 Å². The lowest BCUT2D eigenvalue weighted by atomic mass is 10.2. The third-order valence-electron chi connectivity index (χ3n) is 4.08. The number of nitrogens with one attached hydrogen (secondary N) is 1. The summed E-state index contributed by atoms with van der Waals surface area (Å²) in [4.78, 5) is 14.3. The van der Waals surface area contributed by atoms with Gasteiger partial charge in [0.2, 0.25) is 15.9 Å². The molecule has 0 heterocycles. The summed E-state index contributed by atoms with van der Waals surface area (Å²) in [6.07, 6.45) is 1.08. The number of para-hydroxylation sites is 1. The van der Waals surface area contributed by atoms with E-state index < -0.39 is 10.0 Å². The molecule has 0 unspecified atom stereocenters. The van der Waals surface area contributed by atoms with Crippen molar-refractivity contribution in [2.45, 2.75) is 6.92 Å². The molecule has 1 amide bonds. The Balaban J connectivity index is 1.98. The Labute approximate surface area is 165 Å². The molecule has 2 aromatic rings. The van der Waals surface area contributed by atoms with Crippen molar-refractivity contribution in [3.05, 3.63) is 59.1 Å². The van der Waals surface area contributed by atoms with Crippen LogP contribution in [0, 0.1) is 6.92 Å². The first-order valence-electron chi connectivity index (χ1n) is 8.45. The fourth-order valence-corrected chi connectivity index (χ4v) is 3.78. The molecule has 0 saturated heterocycles. The van der Waals surface area contributed by atoms with Gasteiger partial charge in [0.1, 0.15) is 6.54 Å². The first kappa shape index (κ1) is 21.1. The monoisotopic (exact) mass is 409 g/mol. The molecule has 146 valence electrons. The van der Waals surface area contributed by atoms with Crippen LogP contribution in [0.2, 0.25) is 5.02 Å². The van der Waals surface area contributed by atoms with Crippen LogP contribution in [0.3, 0.4) is 0 Å². The fraction of sp³-hybridized carbons (Fsp3) is 0.316. The van der Waals surface area contributed by atoms with Crippen LogP contribution >= 0.6 is 11.6 Å². The number of hydrogen-bond acceptors (Lipinski definition) is 4. The number of halogens is 1. The van der Waals surface area contributed by atoms with Crippen molar-refractivity contribution in [3.8, 4) is 0 Å². The van der Waals surface area contributed by atoms with Gasteiger partial charge in [0.25, 0.3) is 0 Å². The van der Waals surface area contributed by atoms with Gasteiger partial charge in [-0.15, -0.1) is 0 Å². The summed E-state index contributed by atoms with van der Waals surface area (Å²) in [5, 5.41) is 3.29. The molecule has 0 fully saturated rings. The number of amides is 1. The normalized spacial score (nSPS) is 11.1. The van der Waals surface area contributed by atoms with E-state index in [-0.39, 0.29) is 12.5 Å². The number of hydrogen-bond donors (Lipinski definition) is 1. The number of benzene rings is 2. The molecule has 27 heavy (non-hydrogen) atoms. The van der Waals surface area contributed by atoms with E-state index >= 15 is 0 Å². The number of sulfonamides is 1. The maximum atomic E-state index is 12.3. The van der Waals surface area contributed by atoms with E-state index in [4.69, 9.17) is 11.6 Å². The topological polar surface area (TPSA) is 69.7 Å². The number of rotatable bonds is 8. The van der Waals surface area contributed by atoms with Crippen LogP contribution in [0.5, 0.6) is 0 Å². The average molecular weight is 410 g/mol. The van der Waals surface area contributed by atoms with Crippen molar-refractivity contribution in [1.82, 2.24) is 5.32 Å². The van der Waals surface area contributed by atoms with Gasteiger partial charge in [-0.3, -0.25) is 9.10 Å². The predicted molar refractivity (Wildman–Crippen MR) is 111 cm³/mol. The molecule has 0 atom stereocenters. The summed E-state index contributed by atoms with van der Waals surface area (Å²) in [6.45, 7) is 2.48. The highest BCUT2D eigenvalue weighted by atomic mass is 35.5. The SMILES string of the molecule is Cc1cc(Cl)ccc1N(CC(=O)NCCN(C)c1ccccc1)S(C)(=O)=O. The summed E-state index contributed by atoms with van der Waals surface area (Å²) in [5.74, 6) is -0.365. The standard InChI is InChI=1S/C19H24ClN3O3S/c1-15-13-16(20)9-10-18(15)23(27(3,25)26)14-19(24)21-11-12-22(2)17-7-5-4-6-8-17/h4-10,13H,11-12,14H2,1-3H3,(H,21,24). The number of anilines is 2. The summed E-state index contributed by atoms with van der Waals surface area (Å²) in [6, 6.07) is 14.7. The molecule has 0 aromatic heterocycles. The Kier molecular flexibility index (Phi) is 7.10. The predicted octanol–water partition coefficient (Wildman–Crippen LogP) is 2.67. The van der Waals surface area contributed by atoms with E-state index in [9.17, 15) is 13.2 Å². The zero-order chi connectivity index (χ0) is 20.0. The largest absolute Gasteiger partial charge is 0.373 e. The highest BCUT2D eigenvalue weighted by Crippen LogP contribution is 2.25. The van der Waals surface area contributed by atoms with Gasteiger partial charge in [0, 0.05) is 30.8 Å². The Hall–Kier alpha value is -2.25. The minimum atomic E-state index is -3.61. The molecule has 0 aliphatic carbocycles. The summed E-state index contributed by atoms with van der Waals surface area (Å²) >= 11 is 5.94. The van der Waals surface area contributed by atoms with E-state index in [1.807, 2.05) is 42.3 Å². The van der Waals surface area contributed by atoms with Crippen molar-refractivity contribution in [2.24, 2.45) is 0 Å². The van der Waals surface area contributed by atoms with Gasteiger partial charge in [0.05, 0.1) is 11.9 Å². The Morgan fingerprint density at radius 1 is 1.15 bits per heavy atom. The molecule has 2 rings (SSSR count). The third kappa shape index (κ3) is 6.15. The second-order valence-corrected chi connectivity index (χ2v) is 8.65. The molecular weight excluding hydrogens is 386 g/mol. The van der Waals surface area contributed by atoms with Gasteiger partial charge in [-0.2, -0.15) is 0 Å². The van der Waals surface area contributed by atoms with Gasteiger partial charge in [-0.25, -0.2) is 8.42 Å². The van der Waals surface area contributed by atoms with Crippen LogP contribution in [-0.2, 0) is 14.8 Å². The van der Waals surface area contributed by atoms with Crippen LogP contribution in [0.4, 0.5) is 11.4 Å². The second-order valence-electron chi connectivity index (χ2n) is 6.31. The van der Waals surface area contributed by atoms with Crippen molar-refractivity contribution >= 4 is 38.9 Å². The van der Waals surface area contributed by atoms with Gasteiger partial charge in [-0.1, -0.05) is 29.8 Å². The smallest absolute Gasteiger partial charge is 0.240 e. The Bertz CT molecular complexity index is 888. The molecule has 8 heteroatoms. The quantitative estimate of drug-likeness (QED) is 0.727. The minimum absolute atomic E-state index is 0.281. The summed E-state index contributed by atoms with van der Waals surface area (Å²) in [5.41, 5.74) is 2.17. The first-order valence-corrected chi connectivity index (χ1v) is 10.7. The van der Waals surface area contributed by atoms with Crippen molar-refractivity contribution in [3.63, 3.8) is 0 Å². The molecule has 2 aromatic carbocycles. The highest BCUT2D eigenvalue weighted by molar-refractivity contribution is 7.92. The van der Waals surface area contributed by atoms with Gasteiger partial charge >= 0.3 is 0 Å². The van der Waals surface area contributed by atoms with Crippen molar-refractivity contribution < 1.29 is 13.2 Å². The zero-order valence-corrected chi connectivity index (χ0v) is 17.2. The lowest BCUT2D eigenvalue weighted by Gasteiger charge is -2.24. The minimum Gasteiger partial charge on any atom is -0.373 e. The highest BCUT2D eigenvalue weighted by Gasteiger charge is 2.22. The van der Waals surface area contributed by atoms with E-state index in [1.54, 1.807) is 25.1 Å². The zero-order valence-electron chi connectivity index (χ0n) is 15.6. The average Bonchev–Trinajstić information content (AvgIpc) is 2.60. The number of likely N-dealkylation sites (N-methyl/N-ethyl adjacent to an activating group) is 1. The molecule has 0 aliphatic heterocycles. The molecule has 0 radical (unpaired) electrons. The van der Waals surface area contributed by atoms with Gasteiger partial charge < -0.3 is 10.2 Å². The van der Waals surface area contributed by atoms with Crippen molar-refractivity contribution in [2.75, 3.05) is 42.1 Å². The molecule has 0 spiro atoms. The van der Waals surface area contributed by atoms with E-state index in [0.717, 1.165) is 16.2 Å². The molecule has 0 bridgehead atoms. The maximum absolute atomic E-state index is 12.3. The van der Waals surface area contributed by atoms with Crippen LogP contribution in [0.1, 0.15) is 5.56 Å². The molecule has 6 nitrogen and oxygen atoms in total. The number of aryl methyl sites for hydroxylation is 1. The van der Waals surface area contributed by atoms with E-state index in [1.165, 1.54) is 0 Å². The number of carbonyl (C=O) groups excluding carboxylic acids is 1. The Morgan fingerprint density at radius 2 is 1.81 bits per heavy atom. The number of carbonyl (C=O) groups is 1. The van der Waals surface area contributed by atoms with E-state index in [0.29, 0.717) is 29.4 Å². The lowest BCUT2D eigenvalue weighted by molar-refractivity contribution is -0.119. The molecule has 1 N–H and O–H groups in total. The first-order chi connectivity index (χ1) is 12.7. The number of nitrogens with zero attached hydrogens (tertiary/aromatic N) is 2. The van der Waals surface area contributed by atoms with Gasteiger partial charge in [-0.05, 0) is 42.8 Å². The molecular formula is C19H24ClN3O3S. The summed E-state index contributed by atoms with van der Waals surface area (Å²) in [7, 11) is -1.68. The van der Waals surface area contributed by atoms with Crippen molar-refractivity contribution in [1.29, 1.82) is 0 Å². The third-order valence-corrected chi connectivity index (χ3v) is 5.44. The van der Waals surface area contributed by atoms with Gasteiger partial charge in [0.15, 0.2) is 0 Å². The lowest BCUT2D eigenvalue weighted by Crippen LogP contribution is -2.42. The fourth-order valence-electron chi connectivity index (χ4n) is 2.64. The second kappa shape index (κ2) is 9.10.